The van der Waals surface area contributed by atoms with Crippen LogP contribution in [0.3, 0.4) is 0 Å². The maximum atomic E-state index is 12.2. The highest BCUT2D eigenvalue weighted by molar-refractivity contribution is 14.1. The molecular formula is C31H21F3I2O3S. The van der Waals surface area contributed by atoms with Gasteiger partial charge in [-0.2, -0.15) is 13.2 Å². The molecular weight excluding hydrogens is 763 g/mol. The van der Waals surface area contributed by atoms with Gasteiger partial charge in [0.1, 0.15) is 10.1 Å². The van der Waals surface area contributed by atoms with Crippen molar-refractivity contribution in [2.24, 2.45) is 0 Å². The minimum atomic E-state index is -5.09. The van der Waals surface area contributed by atoms with E-state index in [1.807, 2.05) is 0 Å². The van der Waals surface area contributed by atoms with Crippen LogP contribution in [-0.2, 0) is 16.3 Å². The molecule has 0 radical (unpaired) electrons. The van der Waals surface area contributed by atoms with Crippen molar-refractivity contribution >= 4 is 32.7 Å². The lowest BCUT2D eigenvalue weighted by molar-refractivity contribution is -0.598. The van der Waals surface area contributed by atoms with Crippen LogP contribution in [-0.4, -0.2) is 13.0 Å². The molecule has 40 heavy (non-hydrogen) atoms. The molecule has 5 aromatic carbocycles. The lowest BCUT2D eigenvalue weighted by atomic mass is 9.95. The number of hydrogen-bond donors (Lipinski definition) is 0. The topological polar surface area (TPSA) is 57.2 Å². The van der Waals surface area contributed by atoms with Gasteiger partial charge >= 0.3 is 27.4 Å². The Morgan fingerprint density at radius 1 is 0.650 bits per heavy atom. The second-order valence-electron chi connectivity index (χ2n) is 8.35. The van der Waals surface area contributed by atoms with E-state index in [1.165, 1.54) is 33.0 Å². The molecule has 204 valence electrons. The van der Waals surface area contributed by atoms with Gasteiger partial charge in [0, 0.05) is 5.56 Å². The third-order valence-corrected chi connectivity index (χ3v) is 11.5. The number of rotatable bonds is 5. The van der Waals surface area contributed by atoms with Gasteiger partial charge in [0.25, 0.3) is 0 Å². The lowest BCUT2D eigenvalue weighted by Gasteiger charge is -2.14. The van der Waals surface area contributed by atoms with E-state index in [1.54, 1.807) is 0 Å². The van der Waals surface area contributed by atoms with Gasteiger partial charge in [-0.3, -0.25) is 0 Å². The van der Waals surface area contributed by atoms with Crippen LogP contribution in [0.25, 0.3) is 22.3 Å². The van der Waals surface area contributed by atoms with Crippen LogP contribution in [0.4, 0.5) is 13.2 Å². The fourth-order valence-electron chi connectivity index (χ4n) is 3.88. The summed E-state index contributed by atoms with van der Waals surface area (Å²) in [6.07, 6.45) is -4.84. The van der Waals surface area contributed by atoms with E-state index in [0.29, 0.717) is 12.1 Å². The third-order valence-electron chi connectivity index (χ3n) is 5.65. The number of alkyl halides is 3. The van der Waals surface area contributed by atoms with Crippen molar-refractivity contribution < 1.29 is 47.3 Å². The van der Waals surface area contributed by atoms with Crippen LogP contribution in [0.5, 0.6) is 0 Å². The summed E-state index contributed by atoms with van der Waals surface area (Å²) in [4.78, 5) is -1.24. The third kappa shape index (κ3) is 7.71. The monoisotopic (exact) mass is 784 g/mol. The van der Waals surface area contributed by atoms with Gasteiger partial charge < -0.3 is 4.55 Å². The van der Waals surface area contributed by atoms with E-state index in [9.17, 15) is 26.1 Å². The normalized spacial score (nSPS) is 11.4. The molecule has 0 unspecified atom stereocenters. The fourth-order valence-corrected chi connectivity index (χ4v) is 8.36. The summed E-state index contributed by atoms with van der Waals surface area (Å²) >= 11 is 2.36. The van der Waals surface area contributed by atoms with Crippen LogP contribution in [0.1, 0.15) is 5.56 Å². The van der Waals surface area contributed by atoms with Gasteiger partial charge in [0.05, 0.1) is 14.0 Å². The van der Waals surface area contributed by atoms with Crippen LogP contribution >= 0.6 is 22.6 Å². The van der Waals surface area contributed by atoms with Gasteiger partial charge in [-0.1, -0.05) is 91.0 Å². The summed E-state index contributed by atoms with van der Waals surface area (Å²) in [7, 11) is -5.09. The summed E-state index contributed by atoms with van der Waals surface area (Å²) in [5.41, 5.74) is 3.78. The Bertz CT molecular complexity index is 1680. The Kier molecular flexibility index (Phi) is 10.0. The first-order chi connectivity index (χ1) is 19.1. The molecule has 0 fully saturated rings. The molecule has 0 aliphatic heterocycles. The molecule has 0 saturated heterocycles. The van der Waals surface area contributed by atoms with E-state index in [0.717, 1.165) is 12.1 Å². The first-order valence-electron chi connectivity index (χ1n) is 11.8. The maximum Gasteiger partial charge on any atom is 0.417 e. The van der Waals surface area contributed by atoms with Gasteiger partial charge in [-0.05, 0) is 75.7 Å². The first kappa shape index (κ1) is 30.2. The molecule has 0 aliphatic carbocycles. The van der Waals surface area contributed by atoms with E-state index >= 15 is 0 Å². The molecule has 0 aromatic heterocycles. The smallest absolute Gasteiger partial charge is 0.417 e. The number of hydrogen-bond acceptors (Lipinski definition) is 3. The predicted octanol–water partition coefficient (Wildman–Crippen LogP) is 5.36. The van der Waals surface area contributed by atoms with Gasteiger partial charge in [-0.25, -0.2) is 8.42 Å². The average molecular weight is 784 g/mol. The molecule has 3 nitrogen and oxygen atoms in total. The zero-order valence-electron chi connectivity index (χ0n) is 20.6. The van der Waals surface area contributed by atoms with Crippen LogP contribution in [0.15, 0.2) is 132 Å². The van der Waals surface area contributed by atoms with Crippen molar-refractivity contribution in [3.05, 3.63) is 144 Å². The predicted molar refractivity (Wildman–Crippen MR) is 153 cm³/mol. The molecule has 5 rings (SSSR count). The highest BCUT2D eigenvalue weighted by Crippen LogP contribution is 2.36. The Balaban J connectivity index is 0.000000224. The second-order valence-corrected chi connectivity index (χ2v) is 13.7. The molecule has 5 aromatic rings. The standard InChI is InChI=1S/C24H17I2.C7H5F3O3S/c25-24-22(26-20-14-8-3-9-15-20)17-16-21(18-10-4-1-5-11-18)23(24)19-12-6-2-7-13-19;8-7(9,10)5-3-1-2-4-6(5)14(11,12)13/h1-17H;1-4H,(H,11,12,13)/q+1;/p-1. The fraction of sp³-hybridized carbons (Fsp3) is 0.0323. The molecule has 0 aliphatic rings. The minimum Gasteiger partial charge on any atom is -0.744 e. The molecule has 0 heterocycles. The second kappa shape index (κ2) is 13.3. The summed E-state index contributed by atoms with van der Waals surface area (Å²) in [6, 6.07) is 40.2. The zero-order chi connectivity index (χ0) is 28.8. The Hall–Kier alpha value is -2.74. The summed E-state index contributed by atoms with van der Waals surface area (Å²) in [6.45, 7) is 0. The van der Waals surface area contributed by atoms with Crippen LogP contribution in [0, 0.1) is 10.7 Å². The molecule has 0 bridgehead atoms. The largest absolute Gasteiger partial charge is 0.744 e. The van der Waals surface area contributed by atoms with Crippen molar-refractivity contribution in [3.63, 3.8) is 0 Å². The van der Waals surface area contributed by atoms with Gasteiger partial charge in [0.15, 0.2) is 3.57 Å². The Morgan fingerprint density at radius 2 is 1.15 bits per heavy atom. The molecule has 0 saturated carbocycles. The molecule has 0 spiro atoms. The first-order valence-corrected chi connectivity index (χ1v) is 16.5. The zero-order valence-corrected chi connectivity index (χ0v) is 25.8. The highest BCUT2D eigenvalue weighted by Gasteiger charge is 2.34. The minimum absolute atomic E-state index is 0.192. The number of benzene rings is 5. The molecule has 0 atom stereocenters. The Labute approximate surface area is 255 Å². The maximum absolute atomic E-state index is 12.2. The quantitative estimate of drug-likeness (QED) is 0.178. The van der Waals surface area contributed by atoms with Crippen molar-refractivity contribution in [1.29, 1.82) is 0 Å². The van der Waals surface area contributed by atoms with Gasteiger partial charge in [0.2, 0.25) is 3.57 Å². The summed E-state index contributed by atoms with van der Waals surface area (Å²) < 4.78 is 72.2. The highest BCUT2D eigenvalue weighted by atomic mass is 127. The molecule has 9 heteroatoms. The van der Waals surface area contributed by atoms with Crippen LogP contribution in [0.2, 0.25) is 0 Å². The van der Waals surface area contributed by atoms with E-state index in [-0.39, 0.29) is 21.2 Å². The average Bonchev–Trinajstić information content (AvgIpc) is 2.95. The SMILES string of the molecule is Ic1c([I+]c2ccccc2)ccc(-c2ccccc2)c1-c1ccccc1.O=S(=O)([O-])c1ccccc1C(F)(F)F. The lowest BCUT2D eigenvalue weighted by Crippen LogP contribution is -3.61. The van der Waals surface area contributed by atoms with Crippen molar-refractivity contribution in [3.8, 4) is 22.3 Å². The van der Waals surface area contributed by atoms with E-state index in [2.05, 4.69) is 126 Å². The Morgan fingerprint density at radius 3 is 1.68 bits per heavy atom. The molecule has 0 N–H and O–H groups in total. The van der Waals surface area contributed by atoms with E-state index in [4.69, 9.17) is 0 Å². The van der Waals surface area contributed by atoms with Gasteiger partial charge in [-0.15, -0.1) is 0 Å². The summed E-state index contributed by atoms with van der Waals surface area (Å²) in [5.74, 6) is 0. The van der Waals surface area contributed by atoms with Crippen LogP contribution < -0.4 is 21.2 Å². The summed E-state index contributed by atoms with van der Waals surface area (Å²) in [5, 5.41) is 0. The van der Waals surface area contributed by atoms with Crippen molar-refractivity contribution in [1.82, 2.24) is 0 Å². The number of halogens is 5. The van der Waals surface area contributed by atoms with E-state index < -0.39 is 26.8 Å². The van der Waals surface area contributed by atoms with Crippen molar-refractivity contribution in [2.75, 3.05) is 0 Å². The van der Waals surface area contributed by atoms with Crippen molar-refractivity contribution in [2.45, 2.75) is 11.1 Å². The molecule has 0 amide bonds.